The number of hydrogen-bond acceptors (Lipinski definition) is 3. The molecule has 1 aliphatic rings. The number of carbonyl (C=O) groups excluding carboxylic acids is 2. The molecular formula is C12H11ClN2O2. The average molecular weight is 251 g/mol. The van der Waals surface area contributed by atoms with Crippen LogP contribution >= 0.6 is 11.6 Å². The van der Waals surface area contributed by atoms with Crippen molar-refractivity contribution in [1.29, 1.82) is 0 Å². The summed E-state index contributed by atoms with van der Waals surface area (Å²) in [5.41, 5.74) is 0.840. The maximum absolute atomic E-state index is 11.9. The maximum Gasteiger partial charge on any atom is 0.265 e. The summed E-state index contributed by atoms with van der Waals surface area (Å²) < 4.78 is 0. The van der Waals surface area contributed by atoms with E-state index in [0.717, 1.165) is 0 Å². The summed E-state index contributed by atoms with van der Waals surface area (Å²) in [4.78, 5) is 27.3. The second-order valence-electron chi connectivity index (χ2n) is 3.69. The van der Waals surface area contributed by atoms with E-state index >= 15 is 0 Å². The number of carbonyl (C=O) groups is 2. The van der Waals surface area contributed by atoms with Crippen LogP contribution in [0.3, 0.4) is 0 Å². The Kier molecular flexibility index (Phi) is 3.54. The van der Waals surface area contributed by atoms with Crippen LogP contribution in [0.4, 0.5) is 0 Å². The highest BCUT2D eigenvalue weighted by Gasteiger charge is 2.18. The van der Waals surface area contributed by atoms with Crippen molar-refractivity contribution in [2.45, 2.75) is 6.42 Å². The number of halogens is 1. The Bertz CT molecular complexity index is 480. The number of rotatable bonds is 3. The number of aliphatic imine (C=N–C) groups is 1. The lowest BCUT2D eigenvalue weighted by Gasteiger charge is -2.11. The minimum absolute atomic E-state index is 0.0352. The van der Waals surface area contributed by atoms with Crippen molar-refractivity contribution in [3.05, 3.63) is 34.9 Å². The molecule has 0 saturated carbocycles. The van der Waals surface area contributed by atoms with E-state index in [4.69, 9.17) is 11.6 Å². The Morgan fingerprint density at radius 1 is 1.35 bits per heavy atom. The van der Waals surface area contributed by atoms with Gasteiger partial charge in [-0.05, 0) is 24.3 Å². The molecule has 0 radical (unpaired) electrons. The molecule has 1 aromatic carbocycles. The molecule has 0 saturated heterocycles. The van der Waals surface area contributed by atoms with Gasteiger partial charge in [0.05, 0.1) is 13.0 Å². The van der Waals surface area contributed by atoms with E-state index in [9.17, 15) is 9.59 Å². The Balaban J connectivity index is 2.09. The van der Waals surface area contributed by atoms with Crippen LogP contribution in [0.25, 0.3) is 0 Å². The van der Waals surface area contributed by atoms with E-state index in [2.05, 4.69) is 10.3 Å². The molecule has 0 fully saturated rings. The number of ketones is 1. The van der Waals surface area contributed by atoms with E-state index in [1.54, 1.807) is 24.3 Å². The molecule has 1 aliphatic heterocycles. The summed E-state index contributed by atoms with van der Waals surface area (Å²) in [6.45, 7) is 1.08. The predicted molar refractivity (Wildman–Crippen MR) is 65.7 cm³/mol. The van der Waals surface area contributed by atoms with Gasteiger partial charge in [0.25, 0.3) is 5.91 Å². The fourth-order valence-corrected chi connectivity index (χ4v) is 1.69. The van der Waals surface area contributed by atoms with Gasteiger partial charge >= 0.3 is 0 Å². The number of nitrogens with zero attached hydrogens (tertiary/aromatic N) is 1. The Hall–Kier alpha value is -1.68. The van der Waals surface area contributed by atoms with Gasteiger partial charge in [-0.1, -0.05) is 11.6 Å². The molecule has 88 valence electrons. The van der Waals surface area contributed by atoms with Gasteiger partial charge in [-0.3, -0.25) is 14.6 Å². The Morgan fingerprint density at radius 2 is 2.06 bits per heavy atom. The summed E-state index contributed by atoms with van der Waals surface area (Å²) >= 11 is 5.73. The highest BCUT2D eigenvalue weighted by molar-refractivity contribution is 6.43. The molecule has 2 rings (SSSR count). The fourth-order valence-electron chi connectivity index (χ4n) is 1.56. The standard InChI is InChI=1S/C12H11ClN2O2/c13-9-3-1-8(2-4-9)11(16)7-10-12(17)15-6-5-14-10/h1-4H,5-7H2,(H,15,17). The molecule has 1 N–H and O–H groups in total. The maximum atomic E-state index is 11.9. The van der Waals surface area contributed by atoms with Crippen molar-refractivity contribution in [2.75, 3.05) is 13.1 Å². The van der Waals surface area contributed by atoms with Crippen LogP contribution in [0.5, 0.6) is 0 Å². The molecule has 0 spiro atoms. The zero-order valence-electron chi connectivity index (χ0n) is 9.07. The van der Waals surface area contributed by atoms with Crippen molar-refractivity contribution < 1.29 is 9.59 Å². The molecule has 4 nitrogen and oxygen atoms in total. The Morgan fingerprint density at radius 3 is 2.71 bits per heavy atom. The van der Waals surface area contributed by atoms with E-state index in [1.165, 1.54) is 0 Å². The van der Waals surface area contributed by atoms with Crippen LogP contribution in [0, 0.1) is 0 Å². The van der Waals surface area contributed by atoms with Crippen molar-refractivity contribution in [1.82, 2.24) is 5.32 Å². The molecular weight excluding hydrogens is 240 g/mol. The van der Waals surface area contributed by atoms with Gasteiger partial charge < -0.3 is 5.32 Å². The summed E-state index contributed by atoms with van der Waals surface area (Å²) in [7, 11) is 0. The minimum atomic E-state index is -0.251. The first-order valence-corrected chi connectivity index (χ1v) is 5.65. The average Bonchev–Trinajstić information content (AvgIpc) is 2.33. The van der Waals surface area contributed by atoms with Crippen molar-refractivity contribution in [3.63, 3.8) is 0 Å². The lowest BCUT2D eigenvalue weighted by Crippen LogP contribution is -2.38. The highest BCUT2D eigenvalue weighted by atomic mass is 35.5. The lowest BCUT2D eigenvalue weighted by molar-refractivity contribution is -0.115. The van der Waals surface area contributed by atoms with Gasteiger partial charge in [0.15, 0.2) is 5.78 Å². The van der Waals surface area contributed by atoms with Crippen LogP contribution in [0.2, 0.25) is 5.02 Å². The first kappa shape index (κ1) is 11.8. The zero-order valence-corrected chi connectivity index (χ0v) is 9.83. The first-order chi connectivity index (χ1) is 8.16. The molecule has 1 amide bonds. The molecule has 0 unspecified atom stereocenters. The second-order valence-corrected chi connectivity index (χ2v) is 4.13. The summed E-state index contributed by atoms with van der Waals surface area (Å²) in [6, 6.07) is 6.59. The lowest BCUT2D eigenvalue weighted by atomic mass is 10.0. The topological polar surface area (TPSA) is 58.5 Å². The predicted octanol–water partition coefficient (Wildman–Crippen LogP) is 1.48. The SMILES string of the molecule is O=C1NCCN=C1CC(=O)c1ccc(Cl)cc1. The Labute approximate surface area is 104 Å². The second kappa shape index (κ2) is 5.10. The van der Waals surface area contributed by atoms with Crippen molar-refractivity contribution >= 4 is 29.0 Å². The first-order valence-electron chi connectivity index (χ1n) is 5.27. The van der Waals surface area contributed by atoms with E-state index in [0.29, 0.717) is 29.4 Å². The molecule has 0 aromatic heterocycles. The number of hydrogen-bond donors (Lipinski definition) is 1. The van der Waals surface area contributed by atoms with Gasteiger partial charge in [0.1, 0.15) is 5.71 Å². The number of Topliss-reactive ketones (excluding diaryl/α,β-unsaturated/α-hetero) is 1. The van der Waals surface area contributed by atoms with E-state index < -0.39 is 0 Å². The number of amides is 1. The highest BCUT2D eigenvalue weighted by Crippen LogP contribution is 2.11. The molecule has 1 aromatic rings. The molecule has 0 aliphatic carbocycles. The quantitative estimate of drug-likeness (QED) is 0.827. The van der Waals surface area contributed by atoms with E-state index in [-0.39, 0.29) is 18.1 Å². The van der Waals surface area contributed by atoms with Gasteiger partial charge in [-0.25, -0.2) is 0 Å². The van der Waals surface area contributed by atoms with Gasteiger partial charge in [0, 0.05) is 17.1 Å². The van der Waals surface area contributed by atoms with Crippen LogP contribution in [0.15, 0.2) is 29.3 Å². The molecule has 0 atom stereocenters. The summed E-state index contributed by atoms with van der Waals surface area (Å²) in [5, 5.41) is 3.23. The zero-order chi connectivity index (χ0) is 12.3. The van der Waals surface area contributed by atoms with E-state index in [1.807, 2.05) is 0 Å². The smallest absolute Gasteiger partial charge is 0.265 e. The summed E-state index contributed by atoms with van der Waals surface area (Å²) in [5.74, 6) is -0.379. The van der Waals surface area contributed by atoms with Crippen LogP contribution < -0.4 is 5.32 Å². The third-order valence-corrected chi connectivity index (χ3v) is 2.71. The summed E-state index contributed by atoms with van der Waals surface area (Å²) in [6.07, 6.45) is 0.0352. The van der Waals surface area contributed by atoms with Crippen LogP contribution in [-0.4, -0.2) is 30.5 Å². The fraction of sp³-hybridized carbons (Fsp3) is 0.250. The third-order valence-electron chi connectivity index (χ3n) is 2.46. The van der Waals surface area contributed by atoms with Crippen LogP contribution in [0.1, 0.15) is 16.8 Å². The largest absolute Gasteiger partial charge is 0.349 e. The monoisotopic (exact) mass is 250 g/mol. The molecule has 0 bridgehead atoms. The molecule has 1 heterocycles. The van der Waals surface area contributed by atoms with Gasteiger partial charge in [-0.15, -0.1) is 0 Å². The van der Waals surface area contributed by atoms with Crippen molar-refractivity contribution in [3.8, 4) is 0 Å². The van der Waals surface area contributed by atoms with Gasteiger partial charge in [-0.2, -0.15) is 0 Å². The minimum Gasteiger partial charge on any atom is -0.349 e. The normalized spacial score (nSPS) is 15.1. The number of benzene rings is 1. The van der Waals surface area contributed by atoms with Crippen molar-refractivity contribution in [2.24, 2.45) is 4.99 Å². The third kappa shape index (κ3) is 2.91. The van der Waals surface area contributed by atoms with Crippen LogP contribution in [-0.2, 0) is 4.79 Å². The molecule has 5 heteroatoms. The number of nitrogens with one attached hydrogen (secondary N) is 1. The van der Waals surface area contributed by atoms with Gasteiger partial charge in [0.2, 0.25) is 0 Å². The molecule has 17 heavy (non-hydrogen) atoms.